The number of carbonyl (C=O) groups excluding carboxylic acids is 2. The largest absolute Gasteiger partial charge is 0.506 e. The SMILES string of the molecule is O=C(CNC(=O)C(c1ccccc1)c1ccccc1)N/N=C\c1cc(Br)cc(Br)c1O. The third-order valence-electron chi connectivity index (χ3n) is 4.40. The standard InChI is InChI=1S/C23H19Br2N3O3/c24-18-11-17(22(30)19(25)12-18)13-27-28-20(29)14-26-23(31)21(15-7-3-1-4-8-15)16-9-5-2-6-10-16/h1-13,21,30H,14H2,(H,26,31)(H,28,29)/b27-13-. The molecule has 0 radical (unpaired) electrons. The highest BCUT2D eigenvalue weighted by Crippen LogP contribution is 2.30. The normalized spacial score (nSPS) is 10.9. The van der Waals surface area contributed by atoms with Crippen LogP contribution < -0.4 is 10.7 Å². The van der Waals surface area contributed by atoms with Crippen LogP contribution >= 0.6 is 31.9 Å². The smallest absolute Gasteiger partial charge is 0.259 e. The quantitative estimate of drug-likeness (QED) is 0.306. The molecule has 0 saturated carbocycles. The number of halogens is 2. The van der Waals surface area contributed by atoms with Crippen molar-refractivity contribution in [3.8, 4) is 5.75 Å². The van der Waals surface area contributed by atoms with Gasteiger partial charge in [0.15, 0.2) is 0 Å². The number of hydrogen-bond donors (Lipinski definition) is 3. The summed E-state index contributed by atoms with van der Waals surface area (Å²) in [5.41, 5.74) is 4.43. The first-order valence-electron chi connectivity index (χ1n) is 9.33. The van der Waals surface area contributed by atoms with Crippen LogP contribution in [0.15, 0.2) is 86.8 Å². The first-order valence-corrected chi connectivity index (χ1v) is 10.9. The number of carbonyl (C=O) groups is 2. The minimum absolute atomic E-state index is 0.00284. The molecular formula is C23H19Br2N3O3. The number of amides is 2. The fraction of sp³-hybridized carbons (Fsp3) is 0.0870. The topological polar surface area (TPSA) is 90.8 Å². The molecule has 3 aromatic carbocycles. The predicted octanol–water partition coefficient (Wildman–Crippen LogP) is 4.32. The maximum Gasteiger partial charge on any atom is 0.259 e. The van der Waals surface area contributed by atoms with E-state index in [0.29, 0.717) is 10.0 Å². The third-order valence-corrected chi connectivity index (χ3v) is 5.46. The fourth-order valence-corrected chi connectivity index (χ4v) is 4.21. The number of benzene rings is 3. The lowest BCUT2D eigenvalue weighted by molar-refractivity contribution is -0.126. The lowest BCUT2D eigenvalue weighted by atomic mass is 9.90. The summed E-state index contributed by atoms with van der Waals surface area (Å²) in [6.07, 6.45) is 1.32. The second-order valence-corrected chi connectivity index (χ2v) is 8.36. The molecule has 3 N–H and O–H groups in total. The van der Waals surface area contributed by atoms with Gasteiger partial charge in [0.2, 0.25) is 5.91 Å². The van der Waals surface area contributed by atoms with Crippen LogP contribution in [0.4, 0.5) is 0 Å². The van der Waals surface area contributed by atoms with E-state index in [1.54, 1.807) is 12.1 Å². The molecule has 0 aliphatic carbocycles. The van der Waals surface area contributed by atoms with E-state index in [4.69, 9.17) is 0 Å². The van der Waals surface area contributed by atoms with Crippen LogP contribution in [0.25, 0.3) is 0 Å². The van der Waals surface area contributed by atoms with Crippen molar-refractivity contribution in [1.82, 2.24) is 10.7 Å². The molecule has 8 heteroatoms. The molecule has 0 spiro atoms. The highest BCUT2D eigenvalue weighted by molar-refractivity contribution is 9.11. The van der Waals surface area contributed by atoms with E-state index in [-0.39, 0.29) is 18.2 Å². The first-order chi connectivity index (χ1) is 15.0. The van der Waals surface area contributed by atoms with Gasteiger partial charge in [-0.25, -0.2) is 5.43 Å². The first kappa shape index (κ1) is 22.7. The molecule has 3 rings (SSSR count). The minimum atomic E-state index is -0.533. The van der Waals surface area contributed by atoms with Gasteiger partial charge in [0, 0.05) is 10.0 Å². The molecule has 0 aliphatic heterocycles. The number of aromatic hydroxyl groups is 1. The minimum Gasteiger partial charge on any atom is -0.506 e. The van der Waals surface area contributed by atoms with Crippen LogP contribution in [0.2, 0.25) is 0 Å². The lowest BCUT2D eigenvalue weighted by Crippen LogP contribution is -2.37. The number of nitrogens with one attached hydrogen (secondary N) is 2. The molecular weight excluding hydrogens is 526 g/mol. The van der Waals surface area contributed by atoms with Crippen LogP contribution in [0.1, 0.15) is 22.6 Å². The Hall–Kier alpha value is -2.97. The van der Waals surface area contributed by atoms with E-state index in [2.05, 4.69) is 47.7 Å². The van der Waals surface area contributed by atoms with Crippen molar-refractivity contribution < 1.29 is 14.7 Å². The maximum atomic E-state index is 12.9. The Kier molecular flexibility index (Phi) is 7.97. The monoisotopic (exact) mass is 543 g/mol. The van der Waals surface area contributed by atoms with Crippen molar-refractivity contribution in [2.45, 2.75) is 5.92 Å². The number of rotatable bonds is 7. The summed E-state index contributed by atoms with van der Waals surface area (Å²) in [5.74, 6) is -1.30. The molecule has 0 aliphatic rings. The molecule has 31 heavy (non-hydrogen) atoms. The lowest BCUT2D eigenvalue weighted by Gasteiger charge is -2.17. The summed E-state index contributed by atoms with van der Waals surface area (Å²) < 4.78 is 1.24. The molecule has 158 valence electrons. The van der Waals surface area contributed by atoms with Gasteiger partial charge in [0.25, 0.3) is 5.91 Å². The fourth-order valence-electron chi connectivity index (χ4n) is 2.95. The summed E-state index contributed by atoms with van der Waals surface area (Å²) in [4.78, 5) is 25.0. The van der Waals surface area contributed by atoms with Crippen LogP contribution in [0.5, 0.6) is 5.75 Å². The molecule has 0 saturated heterocycles. The van der Waals surface area contributed by atoms with Crippen LogP contribution in [-0.4, -0.2) is 29.7 Å². The van der Waals surface area contributed by atoms with E-state index in [1.807, 2.05) is 60.7 Å². The number of nitrogens with zero attached hydrogens (tertiary/aromatic N) is 1. The van der Waals surface area contributed by atoms with Gasteiger partial charge in [-0.05, 0) is 39.2 Å². The average Bonchev–Trinajstić information content (AvgIpc) is 2.77. The Morgan fingerprint density at radius 2 is 1.55 bits per heavy atom. The van der Waals surface area contributed by atoms with E-state index >= 15 is 0 Å². The summed E-state index contributed by atoms with van der Waals surface area (Å²) in [6.45, 7) is -0.236. The van der Waals surface area contributed by atoms with Crippen molar-refractivity contribution in [3.05, 3.63) is 98.4 Å². The second kappa shape index (κ2) is 10.9. The van der Waals surface area contributed by atoms with Gasteiger partial charge in [-0.15, -0.1) is 0 Å². The zero-order valence-corrected chi connectivity index (χ0v) is 19.4. The van der Waals surface area contributed by atoms with Crippen LogP contribution in [0.3, 0.4) is 0 Å². The molecule has 3 aromatic rings. The number of phenols is 1. The van der Waals surface area contributed by atoms with Gasteiger partial charge < -0.3 is 10.4 Å². The molecule has 0 aromatic heterocycles. The molecule has 0 atom stereocenters. The van der Waals surface area contributed by atoms with Crippen LogP contribution in [-0.2, 0) is 9.59 Å². The molecule has 2 amide bonds. The van der Waals surface area contributed by atoms with Gasteiger partial charge in [-0.1, -0.05) is 76.6 Å². The number of hydrazone groups is 1. The van der Waals surface area contributed by atoms with Crippen LogP contribution in [0, 0.1) is 0 Å². The summed E-state index contributed by atoms with van der Waals surface area (Å²) >= 11 is 6.56. The molecule has 0 bridgehead atoms. The zero-order chi connectivity index (χ0) is 22.2. The van der Waals surface area contributed by atoms with Gasteiger partial charge in [-0.2, -0.15) is 5.10 Å². The average molecular weight is 545 g/mol. The number of hydrogen-bond acceptors (Lipinski definition) is 4. The highest BCUT2D eigenvalue weighted by atomic mass is 79.9. The predicted molar refractivity (Wildman–Crippen MR) is 127 cm³/mol. The van der Waals surface area contributed by atoms with Gasteiger partial charge in [0.05, 0.1) is 23.1 Å². The van der Waals surface area contributed by atoms with E-state index in [1.165, 1.54) is 6.21 Å². The zero-order valence-electron chi connectivity index (χ0n) is 16.3. The van der Waals surface area contributed by atoms with Crippen molar-refractivity contribution in [1.29, 1.82) is 0 Å². The summed E-state index contributed by atoms with van der Waals surface area (Å²) in [6, 6.07) is 22.1. The van der Waals surface area contributed by atoms with Gasteiger partial charge in [0.1, 0.15) is 5.75 Å². The molecule has 6 nitrogen and oxygen atoms in total. The Morgan fingerprint density at radius 3 is 2.13 bits per heavy atom. The van der Waals surface area contributed by atoms with Gasteiger partial charge in [-0.3, -0.25) is 9.59 Å². The van der Waals surface area contributed by atoms with Crippen molar-refractivity contribution >= 4 is 49.9 Å². The Bertz CT molecular complexity index is 1050. The van der Waals surface area contributed by atoms with Gasteiger partial charge >= 0.3 is 0 Å². The molecule has 0 heterocycles. The second-order valence-electron chi connectivity index (χ2n) is 6.59. The summed E-state index contributed by atoms with van der Waals surface area (Å²) in [5, 5.41) is 16.5. The van der Waals surface area contributed by atoms with E-state index < -0.39 is 11.8 Å². The Labute approximate surface area is 196 Å². The number of phenolic OH excluding ortho intramolecular Hbond substituents is 1. The Balaban J connectivity index is 1.63. The van der Waals surface area contributed by atoms with E-state index in [0.717, 1.165) is 15.6 Å². The van der Waals surface area contributed by atoms with E-state index in [9.17, 15) is 14.7 Å². The highest BCUT2D eigenvalue weighted by Gasteiger charge is 2.22. The van der Waals surface area contributed by atoms with Crippen molar-refractivity contribution in [2.75, 3.05) is 6.54 Å². The Morgan fingerprint density at radius 1 is 0.968 bits per heavy atom. The molecule has 0 unspecified atom stereocenters. The van der Waals surface area contributed by atoms with Crippen molar-refractivity contribution in [2.24, 2.45) is 5.10 Å². The third kappa shape index (κ3) is 6.26. The maximum absolute atomic E-state index is 12.9. The molecule has 0 fully saturated rings. The van der Waals surface area contributed by atoms with Crippen molar-refractivity contribution in [3.63, 3.8) is 0 Å². The summed E-state index contributed by atoms with van der Waals surface area (Å²) in [7, 11) is 0.